The highest BCUT2D eigenvalue weighted by Crippen LogP contribution is 2.19. The van der Waals surface area contributed by atoms with Crippen molar-refractivity contribution in [2.24, 2.45) is 5.92 Å². The SMILES string of the molecule is CCOc1ccccc1CNCC1CCN(CC(C)O)CC1. The zero-order valence-corrected chi connectivity index (χ0v) is 13.9. The van der Waals surface area contributed by atoms with Gasteiger partial charge in [0.1, 0.15) is 5.75 Å². The summed E-state index contributed by atoms with van der Waals surface area (Å²) in [5.41, 5.74) is 1.23. The smallest absolute Gasteiger partial charge is 0.123 e. The van der Waals surface area contributed by atoms with Gasteiger partial charge in [0, 0.05) is 18.7 Å². The molecule has 4 nitrogen and oxygen atoms in total. The molecule has 1 heterocycles. The van der Waals surface area contributed by atoms with Crippen molar-refractivity contribution in [1.82, 2.24) is 10.2 Å². The van der Waals surface area contributed by atoms with Gasteiger partial charge in [-0.05, 0) is 58.3 Å². The van der Waals surface area contributed by atoms with Gasteiger partial charge in [-0.15, -0.1) is 0 Å². The summed E-state index contributed by atoms with van der Waals surface area (Å²) in [6, 6.07) is 8.25. The van der Waals surface area contributed by atoms with Crippen LogP contribution in [0.15, 0.2) is 24.3 Å². The Morgan fingerprint density at radius 3 is 2.73 bits per heavy atom. The van der Waals surface area contributed by atoms with Crippen molar-refractivity contribution in [3.05, 3.63) is 29.8 Å². The van der Waals surface area contributed by atoms with E-state index in [-0.39, 0.29) is 6.10 Å². The average Bonchev–Trinajstić information content (AvgIpc) is 2.50. The first kappa shape index (κ1) is 17.3. The largest absolute Gasteiger partial charge is 0.494 e. The lowest BCUT2D eigenvalue weighted by molar-refractivity contribution is 0.0998. The highest BCUT2D eigenvalue weighted by molar-refractivity contribution is 5.33. The van der Waals surface area contributed by atoms with E-state index in [1.54, 1.807) is 0 Å². The predicted octanol–water partition coefficient (Wildman–Crippen LogP) is 2.27. The minimum atomic E-state index is -0.218. The van der Waals surface area contributed by atoms with Crippen LogP contribution in [0.4, 0.5) is 0 Å². The summed E-state index contributed by atoms with van der Waals surface area (Å²) in [5.74, 6) is 1.73. The van der Waals surface area contributed by atoms with E-state index in [4.69, 9.17) is 4.74 Å². The Kier molecular flexibility index (Phi) is 7.16. The molecule has 2 rings (SSSR count). The number of nitrogens with zero attached hydrogens (tertiary/aromatic N) is 1. The summed E-state index contributed by atoms with van der Waals surface area (Å²) in [6.07, 6.45) is 2.21. The molecule has 1 fully saturated rings. The minimum absolute atomic E-state index is 0.218. The molecule has 124 valence electrons. The quantitative estimate of drug-likeness (QED) is 0.773. The van der Waals surface area contributed by atoms with Gasteiger partial charge in [0.2, 0.25) is 0 Å². The molecule has 0 bridgehead atoms. The van der Waals surface area contributed by atoms with E-state index in [1.165, 1.54) is 18.4 Å². The van der Waals surface area contributed by atoms with Crippen molar-refractivity contribution in [1.29, 1.82) is 0 Å². The highest BCUT2D eigenvalue weighted by atomic mass is 16.5. The fraction of sp³-hybridized carbons (Fsp3) is 0.667. The lowest BCUT2D eigenvalue weighted by atomic mass is 9.96. The third-order valence-corrected chi connectivity index (χ3v) is 4.25. The predicted molar refractivity (Wildman–Crippen MR) is 90.2 cm³/mol. The molecule has 22 heavy (non-hydrogen) atoms. The summed E-state index contributed by atoms with van der Waals surface area (Å²) < 4.78 is 5.66. The maximum absolute atomic E-state index is 9.44. The van der Waals surface area contributed by atoms with E-state index in [9.17, 15) is 5.11 Å². The molecule has 4 heteroatoms. The van der Waals surface area contributed by atoms with E-state index in [2.05, 4.69) is 22.3 Å². The average molecular weight is 306 g/mol. The van der Waals surface area contributed by atoms with Gasteiger partial charge in [0.15, 0.2) is 0 Å². The highest BCUT2D eigenvalue weighted by Gasteiger charge is 2.19. The number of likely N-dealkylation sites (tertiary alicyclic amines) is 1. The molecular weight excluding hydrogens is 276 g/mol. The zero-order valence-electron chi connectivity index (χ0n) is 13.9. The topological polar surface area (TPSA) is 44.7 Å². The second kappa shape index (κ2) is 9.13. The summed E-state index contributed by atoms with van der Waals surface area (Å²) in [6.45, 7) is 9.53. The van der Waals surface area contributed by atoms with Gasteiger partial charge in [0.05, 0.1) is 12.7 Å². The molecule has 0 spiro atoms. The van der Waals surface area contributed by atoms with Crippen LogP contribution in [0, 0.1) is 5.92 Å². The van der Waals surface area contributed by atoms with Crippen molar-refractivity contribution in [3.8, 4) is 5.75 Å². The van der Waals surface area contributed by atoms with Crippen molar-refractivity contribution in [3.63, 3.8) is 0 Å². The number of benzene rings is 1. The molecule has 1 unspecified atom stereocenters. The number of rotatable bonds is 8. The fourth-order valence-electron chi connectivity index (χ4n) is 3.10. The first-order valence-electron chi connectivity index (χ1n) is 8.51. The van der Waals surface area contributed by atoms with E-state index >= 15 is 0 Å². The van der Waals surface area contributed by atoms with Gasteiger partial charge >= 0.3 is 0 Å². The van der Waals surface area contributed by atoms with Crippen LogP contribution in [0.2, 0.25) is 0 Å². The van der Waals surface area contributed by atoms with Crippen LogP contribution in [0.25, 0.3) is 0 Å². The van der Waals surface area contributed by atoms with Crippen molar-refractivity contribution in [2.45, 2.75) is 39.3 Å². The molecule has 0 aliphatic carbocycles. The molecule has 0 amide bonds. The number of hydrogen-bond donors (Lipinski definition) is 2. The molecule has 1 aromatic rings. The number of aliphatic hydroxyl groups excluding tert-OH is 1. The molecule has 0 aromatic heterocycles. The van der Waals surface area contributed by atoms with Crippen LogP contribution in [0.3, 0.4) is 0 Å². The molecule has 2 N–H and O–H groups in total. The van der Waals surface area contributed by atoms with Crippen LogP contribution < -0.4 is 10.1 Å². The van der Waals surface area contributed by atoms with Crippen LogP contribution in [0.1, 0.15) is 32.3 Å². The summed E-state index contributed by atoms with van der Waals surface area (Å²) in [4.78, 5) is 2.37. The van der Waals surface area contributed by atoms with Gasteiger partial charge in [0.25, 0.3) is 0 Å². The normalized spacial score (nSPS) is 18.3. The summed E-state index contributed by atoms with van der Waals surface area (Å²) in [5, 5.41) is 13.0. The summed E-state index contributed by atoms with van der Waals surface area (Å²) in [7, 11) is 0. The van der Waals surface area contributed by atoms with Crippen LogP contribution >= 0.6 is 0 Å². The van der Waals surface area contributed by atoms with Crippen molar-refractivity contribution in [2.75, 3.05) is 32.8 Å². The van der Waals surface area contributed by atoms with Gasteiger partial charge in [-0.2, -0.15) is 0 Å². The number of nitrogens with one attached hydrogen (secondary N) is 1. The first-order valence-corrected chi connectivity index (χ1v) is 8.51. The Morgan fingerprint density at radius 1 is 1.32 bits per heavy atom. The molecule has 0 saturated carbocycles. The number of aliphatic hydroxyl groups is 1. The monoisotopic (exact) mass is 306 g/mol. The first-order chi connectivity index (χ1) is 10.7. The molecule has 1 aliphatic heterocycles. The molecule has 1 atom stereocenters. The van der Waals surface area contributed by atoms with Crippen molar-refractivity contribution < 1.29 is 9.84 Å². The minimum Gasteiger partial charge on any atom is -0.494 e. The Balaban J connectivity index is 1.69. The van der Waals surface area contributed by atoms with E-state index in [0.29, 0.717) is 6.61 Å². The molecule has 1 aliphatic rings. The molecule has 0 radical (unpaired) electrons. The Bertz CT molecular complexity index is 429. The third-order valence-electron chi connectivity index (χ3n) is 4.25. The lowest BCUT2D eigenvalue weighted by Gasteiger charge is -2.32. The van der Waals surface area contributed by atoms with E-state index in [0.717, 1.165) is 44.4 Å². The van der Waals surface area contributed by atoms with Gasteiger partial charge in [-0.1, -0.05) is 18.2 Å². The number of ether oxygens (including phenoxy) is 1. The van der Waals surface area contributed by atoms with E-state index < -0.39 is 0 Å². The Labute approximate surface area is 134 Å². The Morgan fingerprint density at radius 2 is 2.05 bits per heavy atom. The fourth-order valence-corrected chi connectivity index (χ4v) is 3.10. The van der Waals surface area contributed by atoms with Gasteiger partial charge in [-0.25, -0.2) is 0 Å². The third kappa shape index (κ3) is 5.59. The molecule has 1 aromatic carbocycles. The zero-order chi connectivity index (χ0) is 15.8. The Hall–Kier alpha value is -1.10. The number of piperidine rings is 1. The van der Waals surface area contributed by atoms with Crippen LogP contribution in [-0.2, 0) is 6.54 Å². The van der Waals surface area contributed by atoms with Gasteiger partial charge < -0.3 is 20.1 Å². The second-order valence-electron chi connectivity index (χ2n) is 6.26. The van der Waals surface area contributed by atoms with E-state index in [1.807, 2.05) is 26.0 Å². The van der Waals surface area contributed by atoms with Gasteiger partial charge in [-0.3, -0.25) is 0 Å². The maximum atomic E-state index is 9.44. The number of hydrogen-bond acceptors (Lipinski definition) is 4. The number of para-hydroxylation sites is 1. The molecule has 1 saturated heterocycles. The summed E-state index contributed by atoms with van der Waals surface area (Å²) >= 11 is 0. The van der Waals surface area contributed by atoms with Crippen LogP contribution in [-0.4, -0.2) is 48.9 Å². The van der Waals surface area contributed by atoms with Crippen LogP contribution in [0.5, 0.6) is 5.75 Å². The standard InChI is InChI=1S/C18H30N2O2/c1-3-22-18-7-5-4-6-17(18)13-19-12-16-8-10-20(11-9-16)14-15(2)21/h4-7,15-16,19,21H,3,8-14H2,1-2H3. The van der Waals surface area contributed by atoms with Crippen molar-refractivity contribution >= 4 is 0 Å². The second-order valence-corrected chi connectivity index (χ2v) is 6.26. The number of β-amino-alcohol motifs (C(OH)–C–C–N with tert-alkyl or cyclic N) is 1. The maximum Gasteiger partial charge on any atom is 0.123 e. The molecular formula is C18H30N2O2. The lowest BCUT2D eigenvalue weighted by Crippen LogP contribution is -2.40.